The lowest BCUT2D eigenvalue weighted by Gasteiger charge is -2.03. The number of aryl methyl sites for hydroxylation is 2. The molecule has 0 fully saturated rings. The van der Waals surface area contributed by atoms with Gasteiger partial charge in [0.15, 0.2) is 0 Å². The fourth-order valence-electron chi connectivity index (χ4n) is 2.09. The molecular weight excluding hydrogens is 323 g/mol. The van der Waals surface area contributed by atoms with Gasteiger partial charge in [0.25, 0.3) is 0 Å². The van der Waals surface area contributed by atoms with E-state index in [1.807, 2.05) is 14.0 Å². The standard InChI is InChI=1S/C15H16BrFN2O/c1-3-13-15(16)14(19(2)18-13)9-12(20)8-10-4-6-11(17)7-5-10/h4-7H,3,8-9H2,1-2H3. The summed E-state index contributed by atoms with van der Waals surface area (Å²) in [4.78, 5) is 12.1. The Morgan fingerprint density at radius 3 is 2.50 bits per heavy atom. The summed E-state index contributed by atoms with van der Waals surface area (Å²) in [6, 6.07) is 6.03. The summed E-state index contributed by atoms with van der Waals surface area (Å²) < 4.78 is 15.5. The average Bonchev–Trinajstić information content (AvgIpc) is 2.69. The van der Waals surface area contributed by atoms with Crippen molar-refractivity contribution in [2.24, 2.45) is 7.05 Å². The molecule has 0 saturated heterocycles. The molecule has 0 aliphatic rings. The first-order chi connectivity index (χ1) is 9.51. The van der Waals surface area contributed by atoms with Crippen LogP contribution in [0, 0.1) is 5.82 Å². The van der Waals surface area contributed by atoms with Crippen LogP contribution in [0.25, 0.3) is 0 Å². The zero-order chi connectivity index (χ0) is 14.7. The van der Waals surface area contributed by atoms with Crippen LogP contribution in [0.5, 0.6) is 0 Å². The predicted molar refractivity (Wildman–Crippen MR) is 79.1 cm³/mol. The molecule has 0 amide bonds. The molecular formula is C15H16BrFN2O. The van der Waals surface area contributed by atoms with Crippen LogP contribution in [0.15, 0.2) is 28.7 Å². The number of benzene rings is 1. The lowest BCUT2D eigenvalue weighted by atomic mass is 10.1. The summed E-state index contributed by atoms with van der Waals surface area (Å²) in [5, 5.41) is 4.37. The number of carbonyl (C=O) groups is 1. The maximum absolute atomic E-state index is 12.8. The van der Waals surface area contributed by atoms with E-state index in [9.17, 15) is 9.18 Å². The molecule has 3 nitrogen and oxygen atoms in total. The maximum atomic E-state index is 12.8. The Kier molecular flexibility index (Phi) is 4.70. The molecule has 2 aromatic rings. The molecule has 20 heavy (non-hydrogen) atoms. The summed E-state index contributed by atoms with van der Waals surface area (Å²) in [7, 11) is 1.84. The molecule has 0 atom stereocenters. The summed E-state index contributed by atoms with van der Waals surface area (Å²) in [5.74, 6) is -0.203. The van der Waals surface area contributed by atoms with Gasteiger partial charge in [0, 0.05) is 19.9 Å². The molecule has 1 aromatic heterocycles. The third-order valence-corrected chi connectivity index (χ3v) is 4.10. The molecule has 0 aliphatic heterocycles. The fourth-order valence-corrected chi connectivity index (χ4v) is 2.85. The van der Waals surface area contributed by atoms with Crippen LogP contribution in [0.1, 0.15) is 23.9 Å². The monoisotopic (exact) mass is 338 g/mol. The highest BCUT2D eigenvalue weighted by molar-refractivity contribution is 9.10. The highest BCUT2D eigenvalue weighted by Gasteiger charge is 2.15. The number of nitrogens with zero attached hydrogens (tertiary/aromatic N) is 2. The van der Waals surface area contributed by atoms with E-state index in [2.05, 4.69) is 21.0 Å². The molecule has 5 heteroatoms. The van der Waals surface area contributed by atoms with Crippen molar-refractivity contribution in [3.05, 3.63) is 51.5 Å². The first-order valence-electron chi connectivity index (χ1n) is 6.47. The number of aromatic nitrogens is 2. The smallest absolute Gasteiger partial charge is 0.143 e. The maximum Gasteiger partial charge on any atom is 0.143 e. The SMILES string of the molecule is CCc1nn(C)c(CC(=O)Cc2ccc(F)cc2)c1Br. The third kappa shape index (κ3) is 3.33. The van der Waals surface area contributed by atoms with Crippen LogP contribution in [0.3, 0.4) is 0 Å². The van der Waals surface area contributed by atoms with Crippen LogP contribution >= 0.6 is 15.9 Å². The van der Waals surface area contributed by atoms with E-state index in [4.69, 9.17) is 0 Å². The van der Waals surface area contributed by atoms with Crippen molar-refractivity contribution in [2.75, 3.05) is 0 Å². The van der Waals surface area contributed by atoms with Crippen molar-refractivity contribution in [1.29, 1.82) is 0 Å². The van der Waals surface area contributed by atoms with Gasteiger partial charge in [0.1, 0.15) is 11.6 Å². The minimum Gasteiger partial charge on any atom is -0.299 e. The van der Waals surface area contributed by atoms with Gasteiger partial charge >= 0.3 is 0 Å². The van der Waals surface area contributed by atoms with Crippen LogP contribution in [0.2, 0.25) is 0 Å². The molecule has 0 aliphatic carbocycles. The van der Waals surface area contributed by atoms with E-state index in [-0.39, 0.29) is 11.6 Å². The molecule has 1 aromatic carbocycles. The molecule has 0 N–H and O–H groups in total. The first-order valence-corrected chi connectivity index (χ1v) is 7.27. The van der Waals surface area contributed by atoms with E-state index >= 15 is 0 Å². The van der Waals surface area contributed by atoms with Gasteiger partial charge in [-0.15, -0.1) is 0 Å². The number of Topliss-reactive ketones (excluding diaryl/α,β-unsaturated/α-hetero) is 1. The average molecular weight is 339 g/mol. The molecule has 2 rings (SSSR count). The molecule has 1 heterocycles. The van der Waals surface area contributed by atoms with Crippen LogP contribution in [0.4, 0.5) is 4.39 Å². The van der Waals surface area contributed by atoms with E-state index in [0.29, 0.717) is 12.8 Å². The van der Waals surface area contributed by atoms with Gasteiger partial charge in [-0.25, -0.2) is 4.39 Å². The third-order valence-electron chi connectivity index (χ3n) is 3.18. The van der Waals surface area contributed by atoms with Gasteiger partial charge < -0.3 is 0 Å². The Labute approximate surface area is 125 Å². The second kappa shape index (κ2) is 6.31. The minimum atomic E-state index is -0.289. The van der Waals surface area contributed by atoms with E-state index < -0.39 is 0 Å². The second-order valence-corrected chi connectivity index (χ2v) is 5.50. The molecule has 0 saturated carbocycles. The number of hydrogen-bond acceptors (Lipinski definition) is 2. The van der Waals surface area contributed by atoms with Gasteiger partial charge in [0.05, 0.1) is 15.9 Å². The Bertz CT molecular complexity index is 620. The Hall–Kier alpha value is -1.49. The molecule has 106 valence electrons. The highest BCUT2D eigenvalue weighted by atomic mass is 79.9. The number of hydrogen-bond donors (Lipinski definition) is 0. The van der Waals surface area contributed by atoms with Gasteiger partial charge in [-0.05, 0) is 40.0 Å². The molecule has 0 bridgehead atoms. The van der Waals surface area contributed by atoms with Crippen molar-refractivity contribution in [3.8, 4) is 0 Å². The van der Waals surface area contributed by atoms with Crippen molar-refractivity contribution < 1.29 is 9.18 Å². The van der Waals surface area contributed by atoms with Gasteiger partial charge in [-0.3, -0.25) is 9.48 Å². The van der Waals surface area contributed by atoms with E-state index in [0.717, 1.165) is 27.8 Å². The second-order valence-electron chi connectivity index (χ2n) is 4.70. The molecule has 0 radical (unpaired) electrons. The Morgan fingerprint density at radius 1 is 1.30 bits per heavy atom. The normalized spacial score (nSPS) is 10.8. The van der Waals surface area contributed by atoms with Crippen molar-refractivity contribution in [2.45, 2.75) is 26.2 Å². The topological polar surface area (TPSA) is 34.9 Å². The van der Waals surface area contributed by atoms with Crippen LogP contribution < -0.4 is 0 Å². The zero-order valence-corrected chi connectivity index (χ0v) is 13.1. The summed E-state index contributed by atoms with van der Waals surface area (Å²) >= 11 is 3.50. The summed E-state index contributed by atoms with van der Waals surface area (Å²) in [5.41, 5.74) is 2.66. The van der Waals surface area contributed by atoms with Crippen molar-refractivity contribution in [1.82, 2.24) is 9.78 Å². The van der Waals surface area contributed by atoms with Gasteiger partial charge in [0.2, 0.25) is 0 Å². The van der Waals surface area contributed by atoms with Gasteiger partial charge in [-0.1, -0.05) is 19.1 Å². The van der Waals surface area contributed by atoms with Crippen LogP contribution in [-0.4, -0.2) is 15.6 Å². The Morgan fingerprint density at radius 2 is 1.95 bits per heavy atom. The van der Waals surface area contributed by atoms with E-state index in [1.54, 1.807) is 16.8 Å². The fraction of sp³-hybridized carbons (Fsp3) is 0.333. The number of halogens is 2. The van der Waals surface area contributed by atoms with Crippen molar-refractivity contribution >= 4 is 21.7 Å². The number of carbonyl (C=O) groups excluding carboxylic acids is 1. The predicted octanol–water partition coefficient (Wildman–Crippen LogP) is 3.24. The van der Waals surface area contributed by atoms with Gasteiger partial charge in [-0.2, -0.15) is 5.10 Å². The van der Waals surface area contributed by atoms with Crippen LogP contribution in [-0.2, 0) is 31.1 Å². The Balaban J connectivity index is 2.08. The number of rotatable bonds is 5. The van der Waals surface area contributed by atoms with Crippen molar-refractivity contribution in [3.63, 3.8) is 0 Å². The van der Waals surface area contributed by atoms with E-state index in [1.165, 1.54) is 12.1 Å². The summed E-state index contributed by atoms with van der Waals surface area (Å²) in [6.45, 7) is 2.03. The zero-order valence-electron chi connectivity index (χ0n) is 11.5. The highest BCUT2D eigenvalue weighted by Crippen LogP contribution is 2.22. The number of ketones is 1. The summed E-state index contributed by atoms with van der Waals surface area (Å²) in [6.07, 6.45) is 1.45. The quantitative estimate of drug-likeness (QED) is 0.838. The first kappa shape index (κ1) is 14.9. The largest absolute Gasteiger partial charge is 0.299 e. The molecule has 0 spiro atoms. The lowest BCUT2D eigenvalue weighted by Crippen LogP contribution is -2.10. The minimum absolute atomic E-state index is 0.0861. The lowest BCUT2D eigenvalue weighted by molar-refractivity contribution is -0.117. The molecule has 0 unspecified atom stereocenters.